The van der Waals surface area contributed by atoms with Gasteiger partial charge in [-0.1, -0.05) is 49.4 Å². The molecule has 9 nitrogen and oxygen atoms in total. The van der Waals surface area contributed by atoms with Crippen LogP contribution in [0.1, 0.15) is 36.2 Å². The van der Waals surface area contributed by atoms with Crippen molar-refractivity contribution in [3.63, 3.8) is 0 Å². The standard InChI is InChI=1S/C28H27N7O2/c1-4-17-37-23-16-15-20(18-24(23)36-3)26-25-19(2)30-33(21-11-7-5-8-12-21)27(25)29-28-34(31-32-35(26)28)22-13-9-6-10-14-22/h5-16,18,26H,4,17H2,1-3H3. The Morgan fingerprint density at radius 1 is 0.865 bits per heavy atom. The second kappa shape index (κ2) is 9.42. The Morgan fingerprint density at radius 2 is 1.59 bits per heavy atom. The fourth-order valence-corrected chi connectivity index (χ4v) is 4.68. The van der Waals surface area contributed by atoms with Crippen LogP contribution in [0, 0.1) is 6.92 Å². The van der Waals surface area contributed by atoms with Crippen molar-refractivity contribution in [2.75, 3.05) is 18.7 Å². The first kappa shape index (κ1) is 22.8. The third-order valence-corrected chi connectivity index (χ3v) is 6.39. The van der Waals surface area contributed by atoms with Gasteiger partial charge in [-0.25, -0.2) is 4.68 Å². The van der Waals surface area contributed by atoms with E-state index in [0.29, 0.717) is 24.1 Å². The number of guanidine groups is 1. The van der Waals surface area contributed by atoms with Crippen LogP contribution in [0.2, 0.25) is 0 Å². The third-order valence-electron chi connectivity index (χ3n) is 6.39. The van der Waals surface area contributed by atoms with Gasteiger partial charge in [0.15, 0.2) is 17.3 Å². The topological polar surface area (TPSA) is 79.8 Å². The summed E-state index contributed by atoms with van der Waals surface area (Å²) in [5.74, 6) is 2.73. The lowest BCUT2D eigenvalue weighted by atomic mass is 9.96. The minimum Gasteiger partial charge on any atom is -0.493 e. The van der Waals surface area contributed by atoms with Crippen LogP contribution < -0.4 is 14.5 Å². The quantitative estimate of drug-likeness (QED) is 0.307. The number of nitrogens with zero attached hydrogens (tertiary/aromatic N) is 7. The number of aryl methyl sites for hydroxylation is 1. The van der Waals surface area contributed by atoms with E-state index < -0.39 is 0 Å². The molecule has 37 heavy (non-hydrogen) atoms. The molecular formula is C28H27N7O2. The fraction of sp³-hybridized carbons (Fsp3) is 0.214. The summed E-state index contributed by atoms with van der Waals surface area (Å²) < 4.78 is 13.5. The van der Waals surface area contributed by atoms with E-state index in [1.54, 1.807) is 12.1 Å². The van der Waals surface area contributed by atoms with E-state index in [2.05, 4.69) is 17.4 Å². The zero-order chi connectivity index (χ0) is 25.4. The lowest BCUT2D eigenvalue weighted by Gasteiger charge is -2.31. The number of hydrogen-bond acceptors (Lipinski definition) is 8. The Hall–Kier alpha value is -4.66. The molecular weight excluding hydrogens is 466 g/mol. The van der Waals surface area contributed by atoms with Crippen LogP contribution in [0.5, 0.6) is 11.5 Å². The molecule has 0 fully saturated rings. The van der Waals surface area contributed by atoms with Crippen LogP contribution in [-0.4, -0.2) is 34.5 Å². The first-order chi connectivity index (χ1) is 18.2. The predicted molar refractivity (Wildman–Crippen MR) is 142 cm³/mol. The highest BCUT2D eigenvalue weighted by Crippen LogP contribution is 2.46. The minimum absolute atomic E-state index is 0.313. The molecule has 9 heteroatoms. The van der Waals surface area contributed by atoms with Crippen LogP contribution in [0.4, 0.5) is 11.5 Å². The number of benzene rings is 3. The largest absolute Gasteiger partial charge is 0.493 e. The molecule has 0 bridgehead atoms. The Balaban J connectivity index is 1.53. The third kappa shape index (κ3) is 3.88. The second-order valence-corrected chi connectivity index (χ2v) is 8.81. The molecule has 1 atom stereocenters. The molecule has 186 valence electrons. The van der Waals surface area contributed by atoms with Crippen molar-refractivity contribution in [1.29, 1.82) is 0 Å². The van der Waals surface area contributed by atoms with E-state index in [9.17, 15) is 0 Å². The van der Waals surface area contributed by atoms with Gasteiger partial charge in [-0.15, -0.1) is 0 Å². The molecule has 0 aliphatic carbocycles. The Labute approximate surface area is 215 Å². The summed E-state index contributed by atoms with van der Waals surface area (Å²) in [7, 11) is 1.66. The normalized spacial score (nSPS) is 15.9. The minimum atomic E-state index is -0.313. The van der Waals surface area contributed by atoms with Crippen molar-refractivity contribution < 1.29 is 9.47 Å². The number of methoxy groups -OCH3 is 1. The number of aliphatic imine (C=N–C) groups is 1. The maximum Gasteiger partial charge on any atom is 0.253 e. The summed E-state index contributed by atoms with van der Waals surface area (Å²) in [6, 6.07) is 25.6. The maximum atomic E-state index is 5.91. The van der Waals surface area contributed by atoms with Crippen LogP contribution in [0.3, 0.4) is 0 Å². The van der Waals surface area contributed by atoms with Crippen LogP contribution in [0.15, 0.2) is 94.3 Å². The van der Waals surface area contributed by atoms with Gasteiger partial charge in [-0.05, 0) is 65.8 Å². The van der Waals surface area contributed by atoms with Crippen molar-refractivity contribution >= 4 is 17.5 Å². The highest BCUT2D eigenvalue weighted by molar-refractivity contribution is 5.99. The van der Waals surface area contributed by atoms with Crippen molar-refractivity contribution in [1.82, 2.24) is 14.8 Å². The van der Waals surface area contributed by atoms with Gasteiger partial charge in [0.05, 0.1) is 30.8 Å². The summed E-state index contributed by atoms with van der Waals surface area (Å²) >= 11 is 0. The first-order valence-corrected chi connectivity index (χ1v) is 12.3. The Bertz CT molecular complexity index is 1480. The highest BCUT2D eigenvalue weighted by atomic mass is 16.5. The van der Waals surface area contributed by atoms with Gasteiger partial charge >= 0.3 is 0 Å². The molecule has 3 aromatic carbocycles. The number of rotatable bonds is 7. The zero-order valence-corrected chi connectivity index (χ0v) is 20.9. The maximum absolute atomic E-state index is 5.91. The number of fused-ring (bicyclic) bond motifs is 2. The monoisotopic (exact) mass is 493 g/mol. The molecule has 2 aliphatic heterocycles. The average molecular weight is 494 g/mol. The molecule has 1 unspecified atom stereocenters. The molecule has 4 aromatic rings. The van der Waals surface area contributed by atoms with Crippen LogP contribution in [0.25, 0.3) is 5.69 Å². The van der Waals surface area contributed by atoms with E-state index in [-0.39, 0.29) is 6.04 Å². The summed E-state index contributed by atoms with van der Waals surface area (Å²) in [5.41, 5.74) is 4.61. The van der Waals surface area contributed by atoms with Gasteiger partial charge in [0.1, 0.15) is 6.04 Å². The number of anilines is 1. The number of para-hydroxylation sites is 2. The Morgan fingerprint density at radius 3 is 2.30 bits per heavy atom. The molecule has 0 spiro atoms. The molecule has 0 N–H and O–H groups in total. The lowest BCUT2D eigenvalue weighted by Crippen LogP contribution is -2.38. The van der Waals surface area contributed by atoms with Crippen molar-refractivity contribution in [3.8, 4) is 17.2 Å². The number of aromatic nitrogens is 2. The van der Waals surface area contributed by atoms with Gasteiger partial charge in [0.25, 0.3) is 5.96 Å². The molecule has 0 radical (unpaired) electrons. The van der Waals surface area contributed by atoms with Gasteiger partial charge < -0.3 is 9.47 Å². The van der Waals surface area contributed by atoms with Crippen LogP contribution >= 0.6 is 0 Å². The average Bonchev–Trinajstić information content (AvgIpc) is 3.52. The number of ether oxygens (including phenoxy) is 2. The van der Waals surface area contributed by atoms with Crippen molar-refractivity contribution in [2.24, 2.45) is 15.4 Å². The van der Waals surface area contributed by atoms with Gasteiger partial charge in [0, 0.05) is 5.56 Å². The predicted octanol–water partition coefficient (Wildman–Crippen LogP) is 6.17. The van der Waals surface area contributed by atoms with Gasteiger partial charge in [-0.3, -0.25) is 0 Å². The summed E-state index contributed by atoms with van der Waals surface area (Å²) in [6.45, 7) is 4.70. The smallest absolute Gasteiger partial charge is 0.253 e. The summed E-state index contributed by atoms with van der Waals surface area (Å²) in [4.78, 5) is 5.06. The first-order valence-electron chi connectivity index (χ1n) is 12.3. The molecule has 0 saturated carbocycles. The summed E-state index contributed by atoms with van der Waals surface area (Å²) in [5, 5.41) is 17.6. The van der Waals surface area contributed by atoms with E-state index in [4.69, 9.17) is 19.6 Å². The molecule has 6 rings (SSSR count). The molecule has 3 heterocycles. The zero-order valence-electron chi connectivity index (χ0n) is 20.9. The fourth-order valence-electron chi connectivity index (χ4n) is 4.68. The molecule has 2 aliphatic rings. The van der Waals surface area contributed by atoms with E-state index in [1.807, 2.05) is 95.5 Å². The van der Waals surface area contributed by atoms with E-state index in [1.165, 1.54) is 0 Å². The number of hydrogen-bond donors (Lipinski definition) is 0. The lowest BCUT2D eigenvalue weighted by molar-refractivity contribution is 0.293. The molecule has 0 saturated heterocycles. The molecule has 1 aromatic heterocycles. The Kier molecular flexibility index (Phi) is 5.80. The second-order valence-electron chi connectivity index (χ2n) is 8.81. The van der Waals surface area contributed by atoms with Crippen LogP contribution in [-0.2, 0) is 0 Å². The van der Waals surface area contributed by atoms with Gasteiger partial charge in [-0.2, -0.15) is 20.1 Å². The van der Waals surface area contributed by atoms with E-state index >= 15 is 0 Å². The van der Waals surface area contributed by atoms with E-state index in [0.717, 1.165) is 40.4 Å². The SMILES string of the molecule is CCCOc1ccc(C2c3c(C)nn(-c4ccccc4)c3N=C3N(c4ccccc4)N=NN32)cc1OC. The van der Waals surface area contributed by atoms with Crippen molar-refractivity contribution in [2.45, 2.75) is 26.3 Å². The van der Waals surface area contributed by atoms with Gasteiger partial charge in [0.2, 0.25) is 0 Å². The molecule has 0 amide bonds. The van der Waals surface area contributed by atoms with Crippen molar-refractivity contribution in [3.05, 3.63) is 95.7 Å². The highest BCUT2D eigenvalue weighted by Gasteiger charge is 2.42. The summed E-state index contributed by atoms with van der Waals surface area (Å²) in [6.07, 6.45) is 0.915.